The Balaban J connectivity index is 1.21. The lowest BCUT2D eigenvalue weighted by Gasteiger charge is -2.69. The molecule has 2 N–H and O–H groups in total. The largest absolute Gasteiger partial charge is 0.449 e. The highest BCUT2D eigenvalue weighted by molar-refractivity contribution is 5.99. The third-order valence-corrected chi connectivity index (χ3v) is 14.4. The van der Waals surface area contributed by atoms with Crippen LogP contribution in [0.3, 0.4) is 0 Å². The van der Waals surface area contributed by atoms with Crippen LogP contribution in [0.2, 0.25) is 0 Å². The molecule has 48 heavy (non-hydrogen) atoms. The van der Waals surface area contributed by atoms with Crippen LogP contribution in [0.4, 0.5) is 0 Å². The number of ether oxygens (including phenoxy) is 2. The fourth-order valence-electron chi connectivity index (χ4n) is 12.3. The van der Waals surface area contributed by atoms with Crippen molar-refractivity contribution in [2.45, 2.75) is 102 Å². The summed E-state index contributed by atoms with van der Waals surface area (Å²) in [7, 11) is 0. The Kier molecular flexibility index (Phi) is 7.25. The van der Waals surface area contributed by atoms with E-state index in [1.54, 1.807) is 0 Å². The lowest BCUT2D eigenvalue weighted by atomic mass is 9.31. The standard InChI is InChI=1S/C43H49NO4/c44-27-9-14-31-13-7-18-34-37(31)38(45)48-43(34)35(21-19-29-10-2-1-3-11-29)41-26-23-30-12-6-16-33(40-24-5-4-15-32(40)17-8-25-40)20-22-36(47-39(41)46)42(41,43)28-30/h4-5,7,13,15,18,22-24,26,29-30,32-33,35H,1-3,8-11,14,16-17,19-21,25,27-28,44H2. The molecule has 0 amide bonds. The number of carbonyl (C=O) groups excluding carboxylic acids is 2. The van der Waals surface area contributed by atoms with Gasteiger partial charge in [-0.15, -0.1) is 5.92 Å². The topological polar surface area (TPSA) is 78.6 Å². The summed E-state index contributed by atoms with van der Waals surface area (Å²) in [5, 5.41) is 0. The predicted molar refractivity (Wildman–Crippen MR) is 185 cm³/mol. The van der Waals surface area contributed by atoms with E-state index < -0.39 is 16.4 Å². The number of allylic oxidation sites excluding steroid dienone is 6. The molecule has 2 aliphatic heterocycles. The van der Waals surface area contributed by atoms with Gasteiger partial charge in [0.25, 0.3) is 0 Å². The molecule has 6 aliphatic carbocycles. The lowest BCUT2D eigenvalue weighted by molar-refractivity contribution is -0.273. The molecule has 0 aromatic heterocycles. The normalized spacial score (nSPS) is 40.2. The Morgan fingerprint density at radius 3 is 2.75 bits per heavy atom. The Morgan fingerprint density at radius 1 is 0.979 bits per heavy atom. The van der Waals surface area contributed by atoms with Gasteiger partial charge in [0.2, 0.25) is 0 Å². The molecule has 2 bridgehead atoms. The predicted octanol–water partition coefficient (Wildman–Crippen LogP) is 8.25. The zero-order valence-electron chi connectivity index (χ0n) is 28.2. The van der Waals surface area contributed by atoms with Crippen molar-refractivity contribution in [1.29, 1.82) is 0 Å². The molecular formula is C43H49NO4. The van der Waals surface area contributed by atoms with Crippen LogP contribution in [0.15, 0.2) is 66.5 Å². The average Bonchev–Trinajstić information content (AvgIpc) is 3.76. The highest BCUT2D eigenvalue weighted by Crippen LogP contribution is 2.84. The molecule has 8 aliphatic rings. The average molecular weight is 644 g/mol. The van der Waals surface area contributed by atoms with Crippen LogP contribution < -0.4 is 5.73 Å². The summed E-state index contributed by atoms with van der Waals surface area (Å²) in [6.45, 7) is 0.565. The summed E-state index contributed by atoms with van der Waals surface area (Å²) in [6.07, 6.45) is 31.5. The number of hydrogen-bond acceptors (Lipinski definition) is 5. The van der Waals surface area contributed by atoms with Crippen molar-refractivity contribution in [2.75, 3.05) is 6.54 Å². The van der Waals surface area contributed by atoms with Gasteiger partial charge in [0.1, 0.15) is 11.2 Å². The van der Waals surface area contributed by atoms with Crippen molar-refractivity contribution in [3.63, 3.8) is 0 Å². The molecule has 3 saturated carbocycles. The third kappa shape index (κ3) is 3.90. The fraction of sp³-hybridized carbons (Fsp3) is 0.581. The maximum Gasteiger partial charge on any atom is 0.339 e. The molecule has 2 heterocycles. The maximum atomic E-state index is 14.6. The van der Waals surface area contributed by atoms with Gasteiger partial charge in [-0.25, -0.2) is 4.79 Å². The van der Waals surface area contributed by atoms with Gasteiger partial charge >= 0.3 is 11.9 Å². The summed E-state index contributed by atoms with van der Waals surface area (Å²) >= 11 is 0. The Hall–Kier alpha value is -3.36. The molecule has 8 atom stereocenters. The van der Waals surface area contributed by atoms with Gasteiger partial charge in [0.15, 0.2) is 5.60 Å². The van der Waals surface area contributed by atoms with Crippen molar-refractivity contribution >= 4 is 11.9 Å². The maximum absolute atomic E-state index is 14.6. The Labute approximate surface area is 285 Å². The molecule has 0 radical (unpaired) electrons. The number of hydrogen-bond donors (Lipinski definition) is 1. The first-order valence-electron chi connectivity index (χ1n) is 19.0. The monoisotopic (exact) mass is 643 g/mol. The van der Waals surface area contributed by atoms with Crippen LogP contribution >= 0.6 is 0 Å². The second-order valence-electron chi connectivity index (χ2n) is 16.2. The van der Waals surface area contributed by atoms with Crippen molar-refractivity contribution in [2.24, 2.45) is 51.6 Å². The van der Waals surface area contributed by atoms with Gasteiger partial charge < -0.3 is 15.2 Å². The minimum Gasteiger partial charge on any atom is -0.449 e. The smallest absolute Gasteiger partial charge is 0.339 e. The van der Waals surface area contributed by atoms with E-state index in [-0.39, 0.29) is 29.2 Å². The second-order valence-corrected chi connectivity index (χ2v) is 16.2. The fourth-order valence-corrected chi connectivity index (χ4v) is 12.3. The second kappa shape index (κ2) is 11.3. The summed E-state index contributed by atoms with van der Waals surface area (Å²) in [5.74, 6) is 8.92. The molecule has 2 spiro atoms. The summed E-state index contributed by atoms with van der Waals surface area (Å²) in [4.78, 5) is 28.9. The number of benzene rings is 1. The highest BCUT2D eigenvalue weighted by Gasteiger charge is 2.91. The van der Waals surface area contributed by atoms with E-state index in [2.05, 4.69) is 72.6 Å². The van der Waals surface area contributed by atoms with Crippen molar-refractivity contribution in [3.05, 3.63) is 83.2 Å². The van der Waals surface area contributed by atoms with E-state index in [1.807, 2.05) is 0 Å². The van der Waals surface area contributed by atoms with Crippen molar-refractivity contribution in [3.8, 4) is 11.8 Å². The third-order valence-electron chi connectivity index (χ3n) is 14.4. The van der Waals surface area contributed by atoms with E-state index in [1.165, 1.54) is 44.9 Å². The van der Waals surface area contributed by atoms with Crippen LogP contribution in [0.25, 0.3) is 0 Å². The Morgan fingerprint density at radius 2 is 1.88 bits per heavy atom. The molecule has 1 aromatic carbocycles. The van der Waals surface area contributed by atoms with E-state index in [9.17, 15) is 9.59 Å². The van der Waals surface area contributed by atoms with E-state index in [0.717, 1.165) is 61.8 Å². The number of aryl methyl sites for hydroxylation is 1. The molecule has 1 saturated heterocycles. The van der Waals surface area contributed by atoms with E-state index in [4.69, 9.17) is 15.2 Å². The first-order chi connectivity index (χ1) is 23.5. The Bertz CT molecular complexity index is 1720. The van der Waals surface area contributed by atoms with Gasteiger partial charge in [-0.1, -0.05) is 99.1 Å². The van der Waals surface area contributed by atoms with Crippen LogP contribution in [0.1, 0.15) is 111 Å². The molecule has 4 fully saturated rings. The summed E-state index contributed by atoms with van der Waals surface area (Å²) in [6, 6.07) is 6.26. The van der Waals surface area contributed by atoms with Crippen LogP contribution in [0, 0.1) is 57.7 Å². The number of nitrogens with two attached hydrogens (primary N) is 1. The quantitative estimate of drug-likeness (QED) is 0.184. The number of esters is 2. The molecule has 250 valence electrons. The molecular weight excluding hydrogens is 594 g/mol. The zero-order valence-corrected chi connectivity index (χ0v) is 28.2. The molecule has 5 nitrogen and oxygen atoms in total. The number of rotatable bonds is 7. The van der Waals surface area contributed by atoms with Gasteiger partial charge in [-0.05, 0) is 92.7 Å². The van der Waals surface area contributed by atoms with E-state index >= 15 is 0 Å². The summed E-state index contributed by atoms with van der Waals surface area (Å²) < 4.78 is 13.5. The molecule has 8 unspecified atom stereocenters. The van der Waals surface area contributed by atoms with Gasteiger partial charge in [0.05, 0.1) is 11.0 Å². The minimum absolute atomic E-state index is 0.0483. The summed E-state index contributed by atoms with van der Waals surface area (Å²) in [5.41, 5.74) is 6.03. The van der Waals surface area contributed by atoms with Crippen LogP contribution in [0.5, 0.6) is 0 Å². The van der Waals surface area contributed by atoms with E-state index in [0.29, 0.717) is 36.3 Å². The van der Waals surface area contributed by atoms with Crippen molar-refractivity contribution in [1.82, 2.24) is 0 Å². The van der Waals surface area contributed by atoms with Gasteiger partial charge in [-0.3, -0.25) is 4.79 Å². The van der Waals surface area contributed by atoms with Crippen molar-refractivity contribution < 1.29 is 19.1 Å². The van der Waals surface area contributed by atoms with Crippen LogP contribution in [-0.4, -0.2) is 18.5 Å². The number of carbonyl (C=O) groups is 2. The zero-order chi connectivity index (χ0) is 32.6. The lowest BCUT2D eigenvalue weighted by Crippen LogP contribution is -2.75. The van der Waals surface area contributed by atoms with Gasteiger partial charge in [0, 0.05) is 23.8 Å². The SMILES string of the molecule is NCCCc1cccc2c1C(=O)OC21C(CCC2CCCCC2)C23C=CC4C#CCC(C56C=CC=CC5CCC6)CC=C(OC2=O)C31C4. The highest BCUT2D eigenvalue weighted by atomic mass is 16.6. The first-order valence-corrected chi connectivity index (χ1v) is 19.0. The van der Waals surface area contributed by atoms with Crippen LogP contribution in [-0.2, 0) is 26.3 Å². The number of fused-ring (bicyclic) bond motifs is 4. The first kappa shape index (κ1) is 30.7. The molecule has 5 heteroatoms. The molecule has 9 rings (SSSR count). The van der Waals surface area contributed by atoms with Gasteiger partial charge in [-0.2, -0.15) is 0 Å². The molecule has 1 aromatic rings. The minimum atomic E-state index is -0.966.